The van der Waals surface area contributed by atoms with Crippen LogP contribution in [0.4, 0.5) is 4.39 Å². The number of nitrogens with zero attached hydrogens (tertiary/aromatic N) is 2. The van der Waals surface area contributed by atoms with Gasteiger partial charge in [-0.15, -0.1) is 0 Å². The fourth-order valence-corrected chi connectivity index (χ4v) is 6.71. The smallest absolute Gasteiger partial charge is 0.223 e. The van der Waals surface area contributed by atoms with Crippen molar-refractivity contribution in [2.45, 2.75) is 63.7 Å². The first-order valence-corrected chi connectivity index (χ1v) is 13.7. The lowest BCUT2D eigenvalue weighted by Crippen LogP contribution is -2.44. The van der Waals surface area contributed by atoms with Gasteiger partial charge < -0.3 is 10.2 Å². The first kappa shape index (κ1) is 25.4. The van der Waals surface area contributed by atoms with Crippen LogP contribution >= 0.6 is 11.6 Å². The van der Waals surface area contributed by atoms with Gasteiger partial charge in [0.2, 0.25) is 15.9 Å². The number of hydrogen-bond acceptors (Lipinski definition) is 4. The SMILES string of the molecule is CCC1CCCCN1CCCNC(=O)C1CCN(S(=O)(=O)Cc2c(F)cccc2Cl)CC1. The Balaban J connectivity index is 1.41. The van der Waals surface area contributed by atoms with Crippen LogP contribution in [0.5, 0.6) is 0 Å². The summed E-state index contributed by atoms with van der Waals surface area (Å²) in [5, 5.41) is 3.14. The summed E-state index contributed by atoms with van der Waals surface area (Å²) in [6.07, 6.45) is 6.89. The number of carbonyl (C=O) groups is 1. The van der Waals surface area contributed by atoms with Gasteiger partial charge in [-0.05, 0) is 57.2 Å². The molecule has 0 spiro atoms. The quantitative estimate of drug-likeness (QED) is 0.538. The number of sulfonamides is 1. The van der Waals surface area contributed by atoms with Gasteiger partial charge in [0.05, 0.1) is 5.75 Å². The Labute approximate surface area is 196 Å². The molecule has 1 amide bonds. The molecule has 2 aliphatic heterocycles. The van der Waals surface area contributed by atoms with E-state index in [-0.39, 0.29) is 35.5 Å². The average molecular weight is 488 g/mol. The van der Waals surface area contributed by atoms with E-state index in [4.69, 9.17) is 11.6 Å². The second kappa shape index (κ2) is 11.8. The van der Waals surface area contributed by atoms with Crippen molar-refractivity contribution in [1.82, 2.24) is 14.5 Å². The molecule has 1 N–H and O–H groups in total. The molecule has 1 unspecified atom stereocenters. The molecule has 3 rings (SSSR count). The van der Waals surface area contributed by atoms with Crippen LogP contribution in [0.15, 0.2) is 18.2 Å². The molecular weight excluding hydrogens is 453 g/mol. The number of benzene rings is 1. The van der Waals surface area contributed by atoms with E-state index in [2.05, 4.69) is 17.1 Å². The van der Waals surface area contributed by atoms with Gasteiger partial charge in [-0.2, -0.15) is 0 Å². The van der Waals surface area contributed by atoms with Crippen LogP contribution in [0.3, 0.4) is 0 Å². The number of carbonyl (C=O) groups excluding carboxylic acids is 1. The Morgan fingerprint density at radius 1 is 1.19 bits per heavy atom. The minimum absolute atomic E-state index is 0.00452. The maximum atomic E-state index is 14.0. The average Bonchev–Trinajstić information content (AvgIpc) is 2.79. The second-order valence-corrected chi connectivity index (χ2v) is 11.2. The van der Waals surface area contributed by atoms with E-state index in [1.165, 1.54) is 48.2 Å². The van der Waals surface area contributed by atoms with Gasteiger partial charge in [0, 0.05) is 48.7 Å². The minimum Gasteiger partial charge on any atom is -0.356 e. The second-order valence-electron chi connectivity index (χ2n) is 8.87. The lowest BCUT2D eigenvalue weighted by Gasteiger charge is -2.35. The lowest BCUT2D eigenvalue weighted by molar-refractivity contribution is -0.126. The van der Waals surface area contributed by atoms with Crippen molar-refractivity contribution in [3.8, 4) is 0 Å². The number of halogens is 2. The van der Waals surface area contributed by atoms with E-state index in [0.717, 1.165) is 19.5 Å². The number of nitrogens with one attached hydrogen (secondary N) is 1. The zero-order valence-corrected chi connectivity index (χ0v) is 20.4. The molecule has 0 aliphatic carbocycles. The van der Waals surface area contributed by atoms with E-state index in [1.54, 1.807) is 0 Å². The van der Waals surface area contributed by atoms with Crippen molar-refractivity contribution in [3.63, 3.8) is 0 Å². The summed E-state index contributed by atoms with van der Waals surface area (Å²) < 4.78 is 40.8. The molecule has 2 saturated heterocycles. The van der Waals surface area contributed by atoms with Crippen molar-refractivity contribution in [2.75, 3.05) is 32.7 Å². The van der Waals surface area contributed by atoms with E-state index in [1.807, 2.05) is 0 Å². The first-order valence-electron chi connectivity index (χ1n) is 11.7. The van der Waals surface area contributed by atoms with Crippen molar-refractivity contribution < 1.29 is 17.6 Å². The van der Waals surface area contributed by atoms with Crippen LogP contribution in [0.1, 0.15) is 57.4 Å². The predicted octanol–water partition coefficient (Wildman–Crippen LogP) is 3.79. The lowest BCUT2D eigenvalue weighted by atomic mass is 9.97. The highest BCUT2D eigenvalue weighted by Gasteiger charge is 2.32. The highest BCUT2D eigenvalue weighted by Crippen LogP contribution is 2.26. The Morgan fingerprint density at radius 3 is 2.62 bits per heavy atom. The maximum absolute atomic E-state index is 14.0. The van der Waals surface area contributed by atoms with Crippen molar-refractivity contribution in [1.29, 1.82) is 0 Å². The zero-order valence-electron chi connectivity index (χ0n) is 18.9. The molecule has 2 heterocycles. The first-order chi connectivity index (χ1) is 15.3. The molecule has 1 aromatic carbocycles. The summed E-state index contributed by atoms with van der Waals surface area (Å²) in [7, 11) is -3.70. The number of amides is 1. The Bertz CT molecular complexity index is 855. The third-order valence-corrected chi connectivity index (χ3v) is 8.91. The monoisotopic (exact) mass is 487 g/mol. The Kier molecular flexibility index (Phi) is 9.34. The summed E-state index contributed by atoms with van der Waals surface area (Å²) in [6, 6.07) is 4.82. The number of likely N-dealkylation sites (tertiary alicyclic amines) is 1. The number of rotatable bonds is 9. The summed E-state index contributed by atoms with van der Waals surface area (Å²) in [5.74, 6) is -1.27. The third kappa shape index (κ3) is 6.65. The van der Waals surface area contributed by atoms with Crippen LogP contribution in [0.25, 0.3) is 0 Å². The van der Waals surface area contributed by atoms with Crippen molar-refractivity contribution >= 4 is 27.5 Å². The molecular formula is C23H35ClFN3O3S. The molecule has 6 nitrogen and oxygen atoms in total. The van der Waals surface area contributed by atoms with E-state index in [9.17, 15) is 17.6 Å². The van der Waals surface area contributed by atoms with Gasteiger partial charge in [-0.3, -0.25) is 4.79 Å². The summed E-state index contributed by atoms with van der Waals surface area (Å²) in [5.41, 5.74) is -0.00643. The molecule has 9 heteroatoms. The van der Waals surface area contributed by atoms with Crippen LogP contribution in [0.2, 0.25) is 5.02 Å². The third-order valence-electron chi connectivity index (χ3n) is 6.75. The van der Waals surface area contributed by atoms with Gasteiger partial charge >= 0.3 is 0 Å². The highest BCUT2D eigenvalue weighted by molar-refractivity contribution is 7.88. The Hall–Kier alpha value is -1.22. The molecule has 0 aromatic heterocycles. The van der Waals surface area contributed by atoms with E-state index < -0.39 is 21.6 Å². The predicted molar refractivity (Wildman–Crippen MR) is 125 cm³/mol. The maximum Gasteiger partial charge on any atom is 0.223 e. The normalized spacial score (nSPS) is 21.5. The minimum atomic E-state index is -3.70. The van der Waals surface area contributed by atoms with Gasteiger partial charge in [-0.25, -0.2) is 17.1 Å². The zero-order chi connectivity index (χ0) is 23.1. The molecule has 2 aliphatic rings. The van der Waals surface area contributed by atoms with Crippen LogP contribution in [-0.2, 0) is 20.6 Å². The molecule has 180 valence electrons. The van der Waals surface area contributed by atoms with E-state index in [0.29, 0.717) is 25.4 Å². The number of hydrogen-bond donors (Lipinski definition) is 1. The summed E-state index contributed by atoms with van der Waals surface area (Å²) in [4.78, 5) is 15.1. The molecule has 1 atom stereocenters. The van der Waals surface area contributed by atoms with Crippen LogP contribution in [0, 0.1) is 11.7 Å². The van der Waals surface area contributed by atoms with Crippen LogP contribution < -0.4 is 5.32 Å². The van der Waals surface area contributed by atoms with Gasteiger partial charge in [0.25, 0.3) is 0 Å². The van der Waals surface area contributed by atoms with Crippen LogP contribution in [-0.4, -0.2) is 62.3 Å². The number of piperidine rings is 2. The fourth-order valence-electron chi connectivity index (χ4n) is 4.79. The Morgan fingerprint density at radius 2 is 1.94 bits per heavy atom. The summed E-state index contributed by atoms with van der Waals surface area (Å²) in [6.45, 7) is 5.57. The molecule has 2 fully saturated rings. The fraction of sp³-hybridized carbons (Fsp3) is 0.696. The molecule has 0 radical (unpaired) electrons. The highest BCUT2D eigenvalue weighted by atomic mass is 35.5. The summed E-state index contributed by atoms with van der Waals surface area (Å²) >= 11 is 5.99. The van der Waals surface area contributed by atoms with Gasteiger partial charge in [0.1, 0.15) is 5.82 Å². The largest absolute Gasteiger partial charge is 0.356 e. The van der Waals surface area contributed by atoms with E-state index >= 15 is 0 Å². The van der Waals surface area contributed by atoms with Crippen molar-refractivity contribution in [2.24, 2.45) is 5.92 Å². The molecule has 32 heavy (non-hydrogen) atoms. The van der Waals surface area contributed by atoms with Crippen molar-refractivity contribution in [3.05, 3.63) is 34.6 Å². The topological polar surface area (TPSA) is 69.7 Å². The standard InChI is InChI=1S/C23H35ClFN3O3S/c1-2-19-7-3-4-13-27(19)14-6-12-26-23(29)18-10-15-28(16-11-18)32(30,31)17-20-21(24)8-5-9-22(20)25/h5,8-9,18-19H,2-4,6-7,10-17H2,1H3,(H,26,29). The molecule has 1 aromatic rings. The van der Waals surface area contributed by atoms with Gasteiger partial charge in [0.15, 0.2) is 0 Å². The molecule has 0 saturated carbocycles. The molecule has 0 bridgehead atoms. The van der Waals surface area contributed by atoms with Gasteiger partial charge in [-0.1, -0.05) is 31.0 Å².